The molecule has 0 spiro atoms. The number of aryl methyl sites for hydroxylation is 2. The lowest BCUT2D eigenvalue weighted by Crippen LogP contribution is -2.34. The number of carbonyl (C=O) groups is 2. The average Bonchev–Trinajstić information content (AvgIpc) is 3.81. The minimum absolute atomic E-state index is 0.0355. The molecule has 1 N–H and O–H groups in total. The fourth-order valence-corrected chi connectivity index (χ4v) is 9.22. The third kappa shape index (κ3) is 15.7. The van der Waals surface area contributed by atoms with E-state index in [4.69, 9.17) is 19.2 Å². The van der Waals surface area contributed by atoms with Crippen molar-refractivity contribution in [3.05, 3.63) is 80.8 Å². The van der Waals surface area contributed by atoms with Crippen LogP contribution in [-0.2, 0) is 22.6 Å². The second-order valence-corrected chi connectivity index (χ2v) is 26.0. The van der Waals surface area contributed by atoms with Crippen molar-refractivity contribution < 1.29 is 33.3 Å². The van der Waals surface area contributed by atoms with Crippen LogP contribution < -0.4 is 14.4 Å². The van der Waals surface area contributed by atoms with Crippen molar-refractivity contribution in [1.82, 2.24) is 29.5 Å². The second-order valence-electron chi connectivity index (χ2n) is 18.3. The van der Waals surface area contributed by atoms with E-state index in [9.17, 15) is 14.7 Å². The van der Waals surface area contributed by atoms with Gasteiger partial charge in [0.15, 0.2) is 38.8 Å². The lowest BCUT2D eigenvalue weighted by molar-refractivity contribution is 0.0320. The Morgan fingerprint density at radius 1 is 0.969 bits per heavy atom. The maximum Gasteiger partial charge on any atom is 0.410 e. The minimum Gasteiger partial charge on any atom is -0.491 e. The van der Waals surface area contributed by atoms with Gasteiger partial charge in [0.25, 0.3) is 0 Å². The molecule has 0 aliphatic heterocycles. The molecule has 14 nitrogen and oxygen atoms in total. The lowest BCUT2D eigenvalue weighted by Gasteiger charge is -2.23. The Hall–Kier alpha value is -5.19. The van der Waals surface area contributed by atoms with Gasteiger partial charge < -0.3 is 34.0 Å². The van der Waals surface area contributed by atoms with Crippen molar-refractivity contribution in [1.29, 1.82) is 0 Å². The molecule has 0 unspecified atom stereocenters. The van der Waals surface area contributed by atoms with Gasteiger partial charge in [-0.25, -0.2) is 19.0 Å². The Morgan fingerprint density at radius 3 is 2.42 bits per heavy atom. The molecule has 0 radical (unpaired) electrons. The summed E-state index contributed by atoms with van der Waals surface area (Å²) in [6.07, 6.45) is 3.06. The fourth-order valence-electron chi connectivity index (χ4n) is 6.31. The molecule has 0 atom stereocenters. The molecular weight excluding hydrogens is 884 g/mol. The van der Waals surface area contributed by atoms with E-state index in [0.717, 1.165) is 52.4 Å². The number of carbonyl (C=O) groups excluding carboxylic acids is 1. The average molecular weight is 947 g/mol. The first-order valence-corrected chi connectivity index (χ1v) is 27.2. The molecule has 0 fully saturated rings. The zero-order valence-electron chi connectivity index (χ0n) is 39.4. The van der Waals surface area contributed by atoms with Crippen molar-refractivity contribution in [2.45, 2.75) is 97.8 Å². The number of anilines is 2. The van der Waals surface area contributed by atoms with Crippen LogP contribution in [0.4, 0.5) is 26.0 Å². The van der Waals surface area contributed by atoms with Crippen molar-refractivity contribution >= 4 is 69.8 Å². The van der Waals surface area contributed by atoms with Crippen LogP contribution in [0.3, 0.4) is 0 Å². The molecule has 3 aromatic heterocycles. The van der Waals surface area contributed by atoms with Gasteiger partial charge in [-0.05, 0) is 122 Å². The highest BCUT2D eigenvalue weighted by Gasteiger charge is 2.24. The van der Waals surface area contributed by atoms with Crippen LogP contribution in [-0.4, -0.2) is 114 Å². The number of hydrogen-bond acceptors (Lipinski definition) is 13. The summed E-state index contributed by atoms with van der Waals surface area (Å²) in [5.74, 6) is 5.11. The van der Waals surface area contributed by atoms with E-state index in [1.165, 1.54) is 28.4 Å². The standard InChI is InChI=1S/C47H63FN8O6S2Si/c1-33-30-40(51-52-42(33)50-45-56(32-60-28-29-65(8,9)10)36-19-12-13-20-38(36)63-45)55(26-15-11-14-24-53(5)6)44-49-41(43(57)58)39(64-44)21-17-27-61-37-23-22-34(31-35(37)48)18-16-25-54(7)46(59)62-47(2,3)4/h12-13,19-20,22-23,30-31H,11,14-15,17,21,24-29,32H2,1-10H3,(H,57,58). The van der Waals surface area contributed by atoms with Gasteiger partial charge >= 0.3 is 12.1 Å². The summed E-state index contributed by atoms with van der Waals surface area (Å²) < 4.78 is 35.5. The van der Waals surface area contributed by atoms with Gasteiger partial charge in [-0.3, -0.25) is 4.57 Å². The monoisotopic (exact) mass is 946 g/mol. The number of benzene rings is 2. The van der Waals surface area contributed by atoms with E-state index in [2.05, 4.69) is 82.4 Å². The number of aromatic nitrogens is 4. The largest absolute Gasteiger partial charge is 0.491 e. The maximum atomic E-state index is 15.0. The molecule has 5 aromatic rings. The van der Waals surface area contributed by atoms with Crippen LogP contribution in [0.15, 0.2) is 53.5 Å². The van der Waals surface area contributed by atoms with E-state index >= 15 is 4.39 Å². The van der Waals surface area contributed by atoms with Crippen LogP contribution in [0.1, 0.15) is 72.9 Å². The van der Waals surface area contributed by atoms with Gasteiger partial charge in [-0.2, -0.15) is 4.99 Å². The summed E-state index contributed by atoms with van der Waals surface area (Å²) in [6, 6.07) is 15.6. The first-order chi connectivity index (χ1) is 30.8. The number of nitrogens with zero attached hydrogens (tertiary/aromatic N) is 8. The van der Waals surface area contributed by atoms with E-state index in [-0.39, 0.29) is 24.6 Å². The zero-order chi connectivity index (χ0) is 47.3. The van der Waals surface area contributed by atoms with Crippen LogP contribution >= 0.6 is 22.7 Å². The summed E-state index contributed by atoms with van der Waals surface area (Å²) in [5.41, 5.74) is 1.62. The quantitative estimate of drug-likeness (QED) is 0.0426. The van der Waals surface area contributed by atoms with Gasteiger partial charge in [-0.15, -0.1) is 21.5 Å². The Balaban J connectivity index is 1.31. The molecule has 0 bridgehead atoms. The van der Waals surface area contributed by atoms with E-state index < -0.39 is 31.6 Å². The topological polar surface area (TPSA) is 148 Å². The van der Waals surface area contributed by atoms with Gasteiger partial charge in [0.2, 0.25) is 0 Å². The number of ether oxygens (including phenoxy) is 3. The van der Waals surface area contributed by atoms with Gasteiger partial charge in [0.1, 0.15) is 12.3 Å². The number of halogens is 1. The second kappa shape index (κ2) is 23.3. The van der Waals surface area contributed by atoms with Crippen molar-refractivity contribution in [3.63, 3.8) is 0 Å². The van der Waals surface area contributed by atoms with Crippen molar-refractivity contribution in [2.24, 2.45) is 4.99 Å². The number of fused-ring (bicyclic) bond motifs is 1. The number of thiazole rings is 2. The SMILES string of the molecule is Cc1cc(N(CCCCCN(C)C)c2nc(C(=O)O)c(CCCOc3ccc(C#CCN(C)C(=O)OC(C)(C)C)cc3F)s2)nnc1N=c1sc2ccccc2n1COCC[Si](C)(C)C. The van der Waals surface area contributed by atoms with Crippen LogP contribution in [0, 0.1) is 24.6 Å². The number of carboxylic acids is 1. The Labute approximate surface area is 391 Å². The lowest BCUT2D eigenvalue weighted by atomic mass is 10.2. The highest BCUT2D eigenvalue weighted by molar-refractivity contribution is 7.16. The Bertz CT molecular complexity index is 2540. The predicted molar refractivity (Wildman–Crippen MR) is 260 cm³/mol. The molecule has 350 valence electrons. The van der Waals surface area contributed by atoms with Gasteiger partial charge in [0.05, 0.1) is 23.4 Å². The number of aromatic carboxylic acids is 1. The van der Waals surface area contributed by atoms with Gasteiger partial charge in [-0.1, -0.05) is 61.4 Å². The van der Waals surface area contributed by atoms with Crippen LogP contribution in [0.2, 0.25) is 25.7 Å². The number of unbranched alkanes of at least 4 members (excludes halogenated alkanes) is 2. The van der Waals surface area contributed by atoms with Crippen molar-refractivity contribution in [2.75, 3.05) is 58.9 Å². The summed E-state index contributed by atoms with van der Waals surface area (Å²) >= 11 is 2.87. The zero-order valence-corrected chi connectivity index (χ0v) is 42.0. The molecule has 0 saturated carbocycles. The predicted octanol–water partition coefficient (Wildman–Crippen LogP) is 9.74. The molecule has 2 aromatic carbocycles. The molecular formula is C47H63FN8O6S2Si. The highest BCUT2D eigenvalue weighted by atomic mass is 32.1. The maximum absolute atomic E-state index is 15.0. The highest BCUT2D eigenvalue weighted by Crippen LogP contribution is 2.34. The third-order valence-electron chi connectivity index (χ3n) is 9.83. The minimum atomic E-state index is -1.25. The van der Waals surface area contributed by atoms with Crippen molar-refractivity contribution in [3.8, 4) is 17.6 Å². The molecule has 0 aliphatic rings. The number of para-hydroxylation sites is 1. The Morgan fingerprint density at radius 2 is 1.72 bits per heavy atom. The molecule has 0 saturated heterocycles. The smallest absolute Gasteiger partial charge is 0.410 e. The van der Waals surface area contributed by atoms with Crippen LogP contribution in [0.5, 0.6) is 5.75 Å². The molecule has 3 heterocycles. The molecule has 0 aliphatic carbocycles. The normalized spacial score (nSPS) is 12.1. The summed E-state index contributed by atoms with van der Waals surface area (Å²) in [5, 5.41) is 20.0. The number of carboxylic acid groups (broad SMARTS) is 1. The first-order valence-electron chi connectivity index (χ1n) is 21.8. The summed E-state index contributed by atoms with van der Waals surface area (Å²) in [7, 11) is 4.43. The molecule has 65 heavy (non-hydrogen) atoms. The number of amides is 1. The Kier molecular flexibility index (Phi) is 18.2. The molecule has 1 amide bonds. The van der Waals surface area contributed by atoms with E-state index in [0.29, 0.717) is 59.9 Å². The van der Waals surface area contributed by atoms with E-state index in [1.807, 2.05) is 30.0 Å². The summed E-state index contributed by atoms with van der Waals surface area (Å²) in [6.45, 7) is 17.1. The fraction of sp³-hybridized carbons (Fsp3) is 0.489. The number of rotatable bonds is 21. The molecule has 18 heteroatoms. The van der Waals surface area contributed by atoms with E-state index in [1.54, 1.807) is 45.2 Å². The molecule has 5 rings (SSSR count). The summed E-state index contributed by atoms with van der Waals surface area (Å²) in [4.78, 5) is 41.1. The van der Waals surface area contributed by atoms with Crippen LogP contribution in [0.25, 0.3) is 10.2 Å². The number of hydrogen-bond donors (Lipinski definition) is 1. The third-order valence-corrected chi connectivity index (χ3v) is 13.7. The van der Waals surface area contributed by atoms with Gasteiger partial charge in [0, 0.05) is 38.7 Å². The first kappa shape index (κ1) is 50.8.